The van der Waals surface area contributed by atoms with Crippen LogP contribution in [-0.2, 0) is 21.6 Å². The number of benzene rings is 2. The largest absolute Gasteiger partial charge is 0.497 e. The second-order valence-corrected chi connectivity index (χ2v) is 6.65. The van der Waals surface area contributed by atoms with Crippen LogP contribution < -0.4 is 10.1 Å². The number of carbonyl (C=O) groups is 2. The van der Waals surface area contributed by atoms with Gasteiger partial charge >= 0.3 is 0 Å². The molecule has 1 unspecified atom stereocenters. The van der Waals surface area contributed by atoms with Gasteiger partial charge in [-0.3, -0.25) is 9.59 Å². The van der Waals surface area contributed by atoms with E-state index in [0.717, 1.165) is 5.56 Å². The predicted molar refractivity (Wildman–Crippen MR) is 95.3 cm³/mol. The smallest absolute Gasteiger partial charge is 0.261 e. The second kappa shape index (κ2) is 6.67. The third kappa shape index (κ3) is 3.23. The number of hydrogen-bond acceptors (Lipinski definition) is 4. The number of anilines is 1. The van der Waals surface area contributed by atoms with Gasteiger partial charge in [-0.25, -0.2) is 0 Å². The average molecular weight is 380 g/mol. The summed E-state index contributed by atoms with van der Waals surface area (Å²) in [5.74, 6) is -0.326. The summed E-state index contributed by atoms with van der Waals surface area (Å²) in [6, 6.07) is 10.0. The first-order valence-corrected chi connectivity index (χ1v) is 8.27. The molecular formula is C18H15Cl2NO4. The molecule has 1 heterocycles. The van der Waals surface area contributed by atoms with E-state index in [1.54, 1.807) is 31.4 Å². The van der Waals surface area contributed by atoms with Crippen molar-refractivity contribution in [3.8, 4) is 5.75 Å². The summed E-state index contributed by atoms with van der Waals surface area (Å²) in [7, 11) is 1.56. The lowest BCUT2D eigenvalue weighted by molar-refractivity contribution is -0.139. The summed E-state index contributed by atoms with van der Waals surface area (Å²) in [6.45, 7) is 0. The van der Waals surface area contributed by atoms with Crippen LogP contribution in [0.3, 0.4) is 0 Å². The number of Topliss-reactive ketones (excluding diaryl/α,β-unsaturated/α-hetero) is 1. The van der Waals surface area contributed by atoms with E-state index in [4.69, 9.17) is 27.9 Å². The zero-order chi connectivity index (χ0) is 18.2. The number of ether oxygens (including phenoxy) is 1. The van der Waals surface area contributed by atoms with Gasteiger partial charge in [-0.15, -0.1) is 0 Å². The minimum absolute atomic E-state index is 0.0765. The quantitative estimate of drug-likeness (QED) is 0.834. The maximum Gasteiger partial charge on any atom is 0.261 e. The summed E-state index contributed by atoms with van der Waals surface area (Å²) in [6.07, 6.45) is -0.314. The van der Waals surface area contributed by atoms with Gasteiger partial charge in [0.15, 0.2) is 5.60 Å². The average Bonchev–Trinajstić information content (AvgIpc) is 2.84. The van der Waals surface area contributed by atoms with E-state index >= 15 is 0 Å². The Labute approximate surface area is 154 Å². The number of carbonyl (C=O) groups excluding carboxylic acids is 2. The number of halogens is 2. The molecule has 0 aliphatic carbocycles. The number of fused-ring (bicyclic) bond motifs is 1. The highest BCUT2D eigenvalue weighted by molar-refractivity contribution is 6.38. The molecule has 0 saturated heterocycles. The molecule has 7 heteroatoms. The number of hydrogen-bond donors (Lipinski definition) is 2. The Kier molecular flexibility index (Phi) is 4.73. The van der Waals surface area contributed by atoms with Crippen molar-refractivity contribution in [2.45, 2.75) is 18.4 Å². The molecule has 1 aliphatic heterocycles. The number of rotatable bonds is 5. The Hall–Kier alpha value is -2.08. The van der Waals surface area contributed by atoms with Crippen LogP contribution in [0.1, 0.15) is 17.5 Å². The maximum atomic E-state index is 12.4. The summed E-state index contributed by atoms with van der Waals surface area (Å²) in [5, 5.41) is 13.8. The van der Waals surface area contributed by atoms with Gasteiger partial charge in [0.2, 0.25) is 0 Å². The van der Waals surface area contributed by atoms with Gasteiger partial charge in [-0.1, -0.05) is 35.3 Å². The highest BCUT2D eigenvalue weighted by Gasteiger charge is 2.48. The lowest BCUT2D eigenvalue weighted by Gasteiger charge is -2.21. The monoisotopic (exact) mass is 379 g/mol. The molecule has 5 nitrogen and oxygen atoms in total. The molecule has 2 aromatic carbocycles. The van der Waals surface area contributed by atoms with Crippen LogP contribution in [0.4, 0.5) is 5.69 Å². The third-order valence-corrected chi connectivity index (χ3v) is 4.77. The van der Waals surface area contributed by atoms with E-state index in [-0.39, 0.29) is 33.5 Å². The molecular weight excluding hydrogens is 365 g/mol. The molecule has 0 bridgehead atoms. The number of methoxy groups -OCH3 is 1. The molecule has 0 saturated carbocycles. The van der Waals surface area contributed by atoms with Gasteiger partial charge < -0.3 is 15.2 Å². The van der Waals surface area contributed by atoms with E-state index in [0.29, 0.717) is 5.75 Å². The van der Waals surface area contributed by atoms with Crippen molar-refractivity contribution >= 4 is 40.6 Å². The van der Waals surface area contributed by atoms with Crippen LogP contribution in [0.25, 0.3) is 0 Å². The number of nitrogens with one attached hydrogen (secondary N) is 1. The first kappa shape index (κ1) is 17.7. The fraction of sp³-hybridized carbons (Fsp3) is 0.222. The van der Waals surface area contributed by atoms with Crippen LogP contribution in [0, 0.1) is 0 Å². The molecule has 1 atom stereocenters. The minimum Gasteiger partial charge on any atom is -0.497 e. The normalized spacial score (nSPS) is 18.6. The molecule has 1 amide bonds. The van der Waals surface area contributed by atoms with Gasteiger partial charge in [0.25, 0.3) is 5.91 Å². The predicted octanol–water partition coefficient (Wildman–Crippen LogP) is 3.34. The van der Waals surface area contributed by atoms with E-state index in [9.17, 15) is 14.7 Å². The molecule has 3 rings (SSSR count). The van der Waals surface area contributed by atoms with E-state index in [2.05, 4.69) is 5.32 Å². The molecule has 2 N–H and O–H groups in total. The van der Waals surface area contributed by atoms with Gasteiger partial charge in [0.05, 0.1) is 17.8 Å². The summed E-state index contributed by atoms with van der Waals surface area (Å²) < 4.78 is 5.07. The third-order valence-electron chi connectivity index (χ3n) is 4.14. The van der Waals surface area contributed by atoms with Gasteiger partial charge in [-0.2, -0.15) is 0 Å². The van der Waals surface area contributed by atoms with Gasteiger partial charge in [0.1, 0.15) is 11.5 Å². The highest BCUT2D eigenvalue weighted by atomic mass is 35.5. The molecule has 0 aromatic heterocycles. The Morgan fingerprint density at radius 1 is 1.16 bits per heavy atom. The van der Waals surface area contributed by atoms with Crippen LogP contribution in [-0.4, -0.2) is 23.9 Å². The zero-order valence-corrected chi connectivity index (χ0v) is 14.8. The Morgan fingerprint density at radius 3 is 2.44 bits per heavy atom. The molecule has 25 heavy (non-hydrogen) atoms. The van der Waals surface area contributed by atoms with Gasteiger partial charge in [0, 0.05) is 23.4 Å². The fourth-order valence-electron chi connectivity index (χ4n) is 2.90. The standard InChI is InChI=1S/C18H15Cl2NO4/c1-25-12-4-2-10(3-5-12)8-11(22)9-18(24)15-13(19)6-7-14(20)16(15)21-17(18)23/h2-7,24H,8-9H2,1H3,(H,21,23). The minimum atomic E-state index is -2.03. The lowest BCUT2D eigenvalue weighted by Crippen LogP contribution is -2.37. The van der Waals surface area contributed by atoms with Crippen molar-refractivity contribution < 1.29 is 19.4 Å². The molecule has 2 aromatic rings. The van der Waals surface area contributed by atoms with Crippen molar-refractivity contribution in [2.24, 2.45) is 0 Å². The Morgan fingerprint density at radius 2 is 1.80 bits per heavy atom. The summed E-state index contributed by atoms with van der Waals surface area (Å²) in [5.41, 5.74) is -0.875. The van der Waals surface area contributed by atoms with Crippen molar-refractivity contribution in [1.82, 2.24) is 0 Å². The fourth-order valence-corrected chi connectivity index (χ4v) is 3.41. The van der Waals surface area contributed by atoms with Crippen LogP contribution in [0.5, 0.6) is 5.75 Å². The van der Waals surface area contributed by atoms with Crippen LogP contribution in [0.15, 0.2) is 36.4 Å². The number of ketones is 1. The topological polar surface area (TPSA) is 75.6 Å². The van der Waals surface area contributed by atoms with Crippen LogP contribution in [0.2, 0.25) is 10.0 Å². The van der Waals surface area contributed by atoms with Crippen LogP contribution >= 0.6 is 23.2 Å². The SMILES string of the molecule is COc1ccc(CC(=O)CC2(O)C(=O)Nc3c(Cl)ccc(Cl)c32)cc1. The molecule has 0 radical (unpaired) electrons. The molecule has 1 aliphatic rings. The van der Waals surface area contributed by atoms with Crippen molar-refractivity contribution in [3.63, 3.8) is 0 Å². The first-order chi connectivity index (χ1) is 11.8. The van der Waals surface area contributed by atoms with E-state index < -0.39 is 17.9 Å². The maximum absolute atomic E-state index is 12.4. The number of amides is 1. The van der Waals surface area contributed by atoms with Crippen molar-refractivity contribution in [1.29, 1.82) is 0 Å². The van der Waals surface area contributed by atoms with Crippen molar-refractivity contribution in [2.75, 3.05) is 12.4 Å². The molecule has 130 valence electrons. The number of aliphatic hydroxyl groups is 1. The highest BCUT2D eigenvalue weighted by Crippen LogP contribution is 2.46. The van der Waals surface area contributed by atoms with Gasteiger partial charge in [-0.05, 0) is 29.8 Å². The summed E-state index contributed by atoms with van der Waals surface area (Å²) >= 11 is 12.2. The molecule has 0 spiro atoms. The second-order valence-electron chi connectivity index (χ2n) is 5.83. The summed E-state index contributed by atoms with van der Waals surface area (Å²) in [4.78, 5) is 24.7. The molecule has 0 fully saturated rings. The van der Waals surface area contributed by atoms with Crippen molar-refractivity contribution in [3.05, 3.63) is 57.6 Å². The lowest BCUT2D eigenvalue weighted by atomic mass is 9.88. The Balaban J connectivity index is 1.83. The first-order valence-electron chi connectivity index (χ1n) is 7.52. The zero-order valence-electron chi connectivity index (χ0n) is 13.3. The van der Waals surface area contributed by atoms with E-state index in [1.807, 2.05) is 0 Å². The Bertz CT molecular complexity index is 851. The van der Waals surface area contributed by atoms with E-state index in [1.165, 1.54) is 12.1 Å².